The Morgan fingerprint density at radius 1 is 0.634 bits per heavy atom. The van der Waals surface area contributed by atoms with Gasteiger partial charge < -0.3 is 4.55 Å². The van der Waals surface area contributed by atoms with Gasteiger partial charge in [0.15, 0.2) is 19.9 Å². The van der Waals surface area contributed by atoms with E-state index in [1.165, 1.54) is 25.1 Å². The van der Waals surface area contributed by atoms with E-state index in [9.17, 15) is 52.5 Å². The van der Waals surface area contributed by atoms with Crippen LogP contribution in [0.2, 0.25) is 0 Å². The molecule has 4 rings (SSSR count). The molecule has 0 N–H and O–H groups in total. The highest BCUT2D eigenvalue weighted by Crippen LogP contribution is 2.54. The standard InChI is InChI=1S/C22H17S2.C4HF9O3S/c1-3-10-18(11-4-1)20-14-7-8-15-21(20)24(22-16-9-17-23-22)19-12-5-2-6-13-19;5-1(6,3(9,10)11)2(7,8)4(12,13)17(14,15)16/h1-17H;(H,14,15,16)/q+1;/p-1. The summed E-state index contributed by atoms with van der Waals surface area (Å²) in [5.74, 6) is -14.8. The van der Waals surface area contributed by atoms with Crippen molar-refractivity contribution in [1.82, 2.24) is 0 Å². The second-order valence-electron chi connectivity index (χ2n) is 8.03. The van der Waals surface area contributed by atoms with E-state index >= 15 is 0 Å². The first-order valence-corrected chi connectivity index (χ1v) is 14.6. The molecule has 0 amide bonds. The zero-order valence-corrected chi connectivity index (χ0v) is 22.6. The van der Waals surface area contributed by atoms with Gasteiger partial charge in [0, 0.05) is 11.6 Å². The summed E-state index contributed by atoms with van der Waals surface area (Å²) >= 11 is 1.84. The molecule has 0 spiro atoms. The lowest BCUT2D eigenvalue weighted by Gasteiger charge is -2.34. The molecule has 1 atom stereocenters. The second kappa shape index (κ2) is 12.1. The summed E-state index contributed by atoms with van der Waals surface area (Å²) in [4.78, 5) is 2.75. The molecule has 1 heterocycles. The molecule has 0 fully saturated rings. The molecule has 0 aliphatic rings. The molecular formula is C26H17F9O3S3. The Morgan fingerprint density at radius 2 is 1.15 bits per heavy atom. The summed E-state index contributed by atoms with van der Waals surface area (Å²) in [6.07, 6.45) is -7.16. The summed E-state index contributed by atoms with van der Waals surface area (Å²) in [5, 5.41) is -4.94. The Hall–Kier alpha value is -3.01. The molecule has 1 unspecified atom stereocenters. The van der Waals surface area contributed by atoms with Crippen molar-refractivity contribution < 1.29 is 52.5 Å². The van der Waals surface area contributed by atoms with Crippen LogP contribution in [0.3, 0.4) is 0 Å². The van der Waals surface area contributed by atoms with Crippen molar-refractivity contribution in [2.75, 3.05) is 0 Å². The van der Waals surface area contributed by atoms with Gasteiger partial charge in [-0.1, -0.05) is 72.0 Å². The van der Waals surface area contributed by atoms with E-state index < -0.39 is 33.4 Å². The molecule has 0 aliphatic carbocycles. The third-order valence-corrected chi connectivity index (χ3v) is 9.71. The van der Waals surface area contributed by atoms with Crippen LogP contribution in [0.25, 0.3) is 11.1 Å². The largest absolute Gasteiger partial charge is 0.743 e. The van der Waals surface area contributed by atoms with Crippen LogP contribution in [-0.2, 0) is 21.0 Å². The molecular weight excluding hydrogens is 627 g/mol. The van der Waals surface area contributed by atoms with Gasteiger partial charge in [-0.3, -0.25) is 0 Å². The van der Waals surface area contributed by atoms with Crippen LogP contribution >= 0.6 is 11.3 Å². The monoisotopic (exact) mass is 644 g/mol. The van der Waals surface area contributed by atoms with Gasteiger partial charge in [0.1, 0.15) is 10.9 Å². The molecule has 3 nitrogen and oxygen atoms in total. The van der Waals surface area contributed by atoms with Crippen molar-refractivity contribution in [2.24, 2.45) is 0 Å². The van der Waals surface area contributed by atoms with Crippen LogP contribution in [0, 0.1) is 0 Å². The predicted molar refractivity (Wildman–Crippen MR) is 135 cm³/mol. The Labute approximate surface area is 235 Å². The van der Waals surface area contributed by atoms with Crippen LogP contribution in [-0.4, -0.2) is 36.2 Å². The Bertz CT molecular complexity index is 1530. The van der Waals surface area contributed by atoms with Gasteiger partial charge in [-0.2, -0.15) is 39.5 Å². The quantitative estimate of drug-likeness (QED) is 0.115. The van der Waals surface area contributed by atoms with E-state index in [-0.39, 0.29) is 10.9 Å². The molecule has 0 bridgehead atoms. The highest BCUT2D eigenvalue weighted by atomic mass is 32.2. The fourth-order valence-corrected chi connectivity index (χ4v) is 7.27. The minimum atomic E-state index is -7.43. The van der Waals surface area contributed by atoms with Crippen LogP contribution in [0.5, 0.6) is 0 Å². The fraction of sp³-hybridized carbons (Fsp3) is 0.154. The van der Waals surface area contributed by atoms with Gasteiger partial charge in [-0.15, -0.1) is 0 Å². The Morgan fingerprint density at radius 3 is 1.63 bits per heavy atom. The van der Waals surface area contributed by atoms with Gasteiger partial charge in [-0.05, 0) is 41.3 Å². The third-order valence-electron chi connectivity index (χ3n) is 5.30. The van der Waals surface area contributed by atoms with Crippen LogP contribution in [0.4, 0.5) is 39.5 Å². The van der Waals surface area contributed by atoms with Gasteiger partial charge in [0.2, 0.25) is 4.21 Å². The van der Waals surface area contributed by atoms with Crippen molar-refractivity contribution >= 4 is 32.3 Å². The highest BCUT2D eigenvalue weighted by molar-refractivity contribution is 7.99. The van der Waals surface area contributed by atoms with Gasteiger partial charge >= 0.3 is 23.3 Å². The summed E-state index contributed by atoms with van der Waals surface area (Å²) in [6.45, 7) is 0. The van der Waals surface area contributed by atoms with Crippen LogP contribution in [0.15, 0.2) is 116 Å². The number of halogens is 9. The molecule has 0 saturated carbocycles. The first-order chi connectivity index (χ1) is 18.9. The molecule has 15 heteroatoms. The van der Waals surface area contributed by atoms with E-state index in [0.29, 0.717) is 0 Å². The van der Waals surface area contributed by atoms with Gasteiger partial charge in [0.25, 0.3) is 0 Å². The zero-order valence-electron chi connectivity index (χ0n) is 20.2. The maximum absolute atomic E-state index is 12.2. The maximum Gasteiger partial charge on any atom is 0.460 e. The number of thiophene rings is 1. The van der Waals surface area contributed by atoms with E-state index in [1.54, 1.807) is 0 Å². The minimum absolute atomic E-state index is 0.0770. The van der Waals surface area contributed by atoms with Crippen molar-refractivity contribution in [3.05, 3.63) is 102 Å². The summed E-state index contributed by atoms with van der Waals surface area (Å²) in [5.41, 5.74) is 2.59. The number of hydrogen-bond acceptors (Lipinski definition) is 4. The summed E-state index contributed by atoms with van der Waals surface area (Å²) in [7, 11) is -7.49. The van der Waals surface area contributed by atoms with Crippen LogP contribution < -0.4 is 0 Å². The third kappa shape index (κ3) is 6.58. The predicted octanol–water partition coefficient (Wildman–Crippen LogP) is 8.47. The molecule has 220 valence electrons. The summed E-state index contributed by atoms with van der Waals surface area (Å²) < 4.78 is 137. The Kier molecular flexibility index (Phi) is 9.57. The first-order valence-electron chi connectivity index (χ1n) is 11.1. The molecule has 0 saturated heterocycles. The van der Waals surface area contributed by atoms with Crippen molar-refractivity contribution in [3.8, 4) is 11.1 Å². The normalized spacial score (nSPS) is 13.7. The lowest BCUT2D eigenvalue weighted by molar-refractivity contribution is -0.382. The van der Waals surface area contributed by atoms with E-state index in [1.807, 2.05) is 11.3 Å². The molecule has 0 aliphatic heterocycles. The fourth-order valence-electron chi connectivity index (χ4n) is 3.31. The van der Waals surface area contributed by atoms with Crippen LogP contribution in [0.1, 0.15) is 0 Å². The van der Waals surface area contributed by atoms with Gasteiger partial charge in [-0.25, -0.2) is 8.42 Å². The lowest BCUT2D eigenvalue weighted by atomic mass is 10.1. The average molecular weight is 645 g/mol. The first kappa shape index (κ1) is 32.5. The summed E-state index contributed by atoms with van der Waals surface area (Å²) in [6, 6.07) is 34.7. The molecule has 0 radical (unpaired) electrons. The number of benzene rings is 3. The molecule has 3 aromatic carbocycles. The minimum Gasteiger partial charge on any atom is -0.743 e. The van der Waals surface area contributed by atoms with E-state index in [2.05, 4.69) is 102 Å². The van der Waals surface area contributed by atoms with Crippen molar-refractivity contribution in [1.29, 1.82) is 0 Å². The zero-order chi connectivity index (χ0) is 30.7. The Balaban J connectivity index is 0.000000242. The average Bonchev–Trinajstić information content (AvgIpc) is 3.44. The second-order valence-corrected chi connectivity index (χ2v) is 12.6. The van der Waals surface area contributed by atoms with Crippen molar-refractivity contribution in [3.63, 3.8) is 0 Å². The SMILES string of the molecule is O=S(=O)([O-])C(F)(F)C(F)(F)C(F)(F)C(F)(F)F.c1ccc(-c2ccccc2[S+](c2ccccc2)c2cccs2)cc1. The maximum atomic E-state index is 12.2. The highest BCUT2D eigenvalue weighted by Gasteiger charge is 2.83. The molecule has 1 aromatic heterocycles. The topological polar surface area (TPSA) is 57.2 Å². The number of rotatable bonds is 7. The van der Waals surface area contributed by atoms with Crippen molar-refractivity contribution in [2.45, 2.75) is 37.3 Å². The van der Waals surface area contributed by atoms with E-state index in [4.69, 9.17) is 0 Å². The smallest absolute Gasteiger partial charge is 0.460 e. The van der Waals surface area contributed by atoms with E-state index in [0.717, 1.165) is 0 Å². The molecule has 41 heavy (non-hydrogen) atoms. The van der Waals surface area contributed by atoms with Gasteiger partial charge in [0.05, 0.1) is 0 Å². The lowest BCUT2D eigenvalue weighted by Crippen LogP contribution is -2.63. The number of alkyl halides is 9. The number of hydrogen-bond donors (Lipinski definition) is 0. The molecule has 4 aromatic rings.